The highest BCUT2D eigenvalue weighted by molar-refractivity contribution is 5.47. The van der Waals surface area contributed by atoms with Gasteiger partial charge in [0.05, 0.1) is 6.54 Å². The Morgan fingerprint density at radius 2 is 1.86 bits per heavy atom. The minimum absolute atomic E-state index is 0.300. The van der Waals surface area contributed by atoms with Gasteiger partial charge in [0.15, 0.2) is 0 Å². The van der Waals surface area contributed by atoms with Crippen LogP contribution in [0.15, 0.2) is 54.9 Å². The number of nitrogens with zero attached hydrogens (tertiary/aromatic N) is 2. The van der Waals surface area contributed by atoms with E-state index in [2.05, 4.69) is 4.98 Å². The van der Waals surface area contributed by atoms with Crippen LogP contribution in [-0.2, 0) is 13.0 Å². The molecule has 0 fully saturated rings. The van der Waals surface area contributed by atoms with Crippen LogP contribution in [0.25, 0.3) is 0 Å². The van der Waals surface area contributed by atoms with E-state index in [0.717, 1.165) is 17.5 Å². The van der Waals surface area contributed by atoms with Crippen LogP contribution in [0, 0.1) is 11.6 Å². The van der Waals surface area contributed by atoms with Crippen molar-refractivity contribution in [3.8, 4) is 0 Å². The van der Waals surface area contributed by atoms with E-state index in [1.165, 1.54) is 12.1 Å². The second kappa shape index (κ2) is 5.97. The molecule has 2 aromatic carbocycles. The lowest BCUT2D eigenvalue weighted by molar-refractivity contribution is 0.564. The van der Waals surface area contributed by atoms with Gasteiger partial charge in [-0.3, -0.25) is 0 Å². The first kappa shape index (κ1) is 14.3. The molecule has 0 spiro atoms. The van der Waals surface area contributed by atoms with Gasteiger partial charge in [-0.05, 0) is 17.7 Å². The van der Waals surface area contributed by atoms with Crippen molar-refractivity contribution in [2.24, 2.45) is 0 Å². The van der Waals surface area contributed by atoms with Crippen LogP contribution in [0.4, 0.5) is 14.5 Å². The number of rotatable bonds is 4. The summed E-state index contributed by atoms with van der Waals surface area (Å²) in [5, 5.41) is 0. The monoisotopic (exact) mass is 299 g/mol. The summed E-state index contributed by atoms with van der Waals surface area (Å²) in [4.78, 5) is 4.31. The lowest BCUT2D eigenvalue weighted by atomic mass is 10.1. The summed E-state index contributed by atoms with van der Waals surface area (Å²) in [7, 11) is 0. The minimum Gasteiger partial charge on any atom is -0.398 e. The fourth-order valence-electron chi connectivity index (χ4n) is 2.35. The third kappa shape index (κ3) is 2.98. The number of aromatic nitrogens is 2. The van der Waals surface area contributed by atoms with Gasteiger partial charge in [-0.25, -0.2) is 13.8 Å². The topological polar surface area (TPSA) is 43.8 Å². The summed E-state index contributed by atoms with van der Waals surface area (Å²) in [6, 6.07) is 11.2. The van der Waals surface area contributed by atoms with Crippen molar-refractivity contribution in [2.75, 3.05) is 5.73 Å². The zero-order valence-corrected chi connectivity index (χ0v) is 11.8. The molecule has 0 atom stereocenters. The van der Waals surface area contributed by atoms with Gasteiger partial charge in [-0.15, -0.1) is 0 Å². The number of nitrogens with two attached hydrogens (primary N) is 1. The molecule has 5 heteroatoms. The number of nitrogen functional groups attached to an aromatic ring is 1. The molecule has 1 heterocycles. The van der Waals surface area contributed by atoms with Crippen molar-refractivity contribution in [2.45, 2.75) is 13.0 Å². The third-order valence-electron chi connectivity index (χ3n) is 3.56. The smallest absolute Gasteiger partial charge is 0.131 e. The van der Waals surface area contributed by atoms with Crippen LogP contribution in [-0.4, -0.2) is 9.55 Å². The fraction of sp³-hybridized carbons (Fsp3) is 0.118. The van der Waals surface area contributed by atoms with Gasteiger partial charge in [0.2, 0.25) is 0 Å². The summed E-state index contributed by atoms with van der Waals surface area (Å²) in [5.41, 5.74) is 8.03. The summed E-state index contributed by atoms with van der Waals surface area (Å²) in [5.74, 6) is -0.357. The molecule has 0 radical (unpaired) electrons. The van der Waals surface area contributed by atoms with E-state index in [-0.39, 0.29) is 0 Å². The first-order chi connectivity index (χ1) is 10.6. The normalized spacial score (nSPS) is 10.8. The summed E-state index contributed by atoms with van der Waals surface area (Å²) in [6.45, 7) is 0.300. The molecule has 0 amide bonds. The molecule has 3 aromatic rings. The Morgan fingerprint density at radius 1 is 1.05 bits per heavy atom. The van der Waals surface area contributed by atoms with Crippen molar-refractivity contribution in [1.29, 1.82) is 0 Å². The van der Waals surface area contributed by atoms with Crippen molar-refractivity contribution in [3.05, 3.63) is 83.4 Å². The molecular formula is C17H15F2N3. The molecule has 0 aliphatic carbocycles. The van der Waals surface area contributed by atoms with Gasteiger partial charge in [0, 0.05) is 36.1 Å². The highest BCUT2D eigenvalue weighted by Crippen LogP contribution is 2.17. The highest BCUT2D eigenvalue weighted by Gasteiger charge is 2.09. The SMILES string of the molecule is Nc1ccccc1Cc1nccn1Cc1ccc(F)cc1F. The second-order valence-corrected chi connectivity index (χ2v) is 5.08. The zero-order chi connectivity index (χ0) is 15.5. The molecule has 112 valence electrons. The molecule has 22 heavy (non-hydrogen) atoms. The maximum absolute atomic E-state index is 13.8. The van der Waals surface area contributed by atoms with Crippen LogP contribution >= 0.6 is 0 Å². The Balaban J connectivity index is 1.85. The molecule has 0 unspecified atom stereocenters. The molecule has 0 saturated carbocycles. The molecule has 0 aliphatic heterocycles. The fourth-order valence-corrected chi connectivity index (χ4v) is 2.35. The lowest BCUT2D eigenvalue weighted by Crippen LogP contribution is -2.07. The van der Waals surface area contributed by atoms with Gasteiger partial charge in [0.1, 0.15) is 17.5 Å². The largest absolute Gasteiger partial charge is 0.398 e. The first-order valence-electron chi connectivity index (χ1n) is 6.91. The van der Waals surface area contributed by atoms with E-state index >= 15 is 0 Å². The zero-order valence-electron chi connectivity index (χ0n) is 11.8. The van der Waals surface area contributed by atoms with Crippen LogP contribution in [0.1, 0.15) is 17.0 Å². The maximum atomic E-state index is 13.8. The molecule has 3 nitrogen and oxygen atoms in total. The van der Waals surface area contributed by atoms with Crippen LogP contribution in [0.5, 0.6) is 0 Å². The Labute approximate surface area is 127 Å². The van der Waals surface area contributed by atoms with Gasteiger partial charge in [-0.2, -0.15) is 0 Å². The number of hydrogen-bond acceptors (Lipinski definition) is 2. The summed E-state index contributed by atoms with van der Waals surface area (Å²) < 4.78 is 28.6. The number of hydrogen-bond donors (Lipinski definition) is 1. The molecule has 0 aliphatic rings. The van der Waals surface area contributed by atoms with Crippen molar-refractivity contribution in [3.63, 3.8) is 0 Å². The van der Waals surface area contributed by atoms with Crippen LogP contribution in [0.2, 0.25) is 0 Å². The number of halogens is 2. The Hall–Kier alpha value is -2.69. The number of benzene rings is 2. The Kier molecular flexibility index (Phi) is 3.87. The van der Waals surface area contributed by atoms with Crippen molar-refractivity contribution >= 4 is 5.69 Å². The first-order valence-corrected chi connectivity index (χ1v) is 6.91. The Morgan fingerprint density at radius 3 is 2.64 bits per heavy atom. The van der Waals surface area contributed by atoms with Crippen molar-refractivity contribution < 1.29 is 8.78 Å². The minimum atomic E-state index is -0.579. The standard InChI is InChI=1S/C17H15F2N3/c18-14-6-5-13(15(19)10-14)11-22-8-7-21-17(22)9-12-3-1-2-4-16(12)20/h1-8,10H,9,11,20H2. The third-order valence-corrected chi connectivity index (χ3v) is 3.56. The molecule has 1 aromatic heterocycles. The summed E-state index contributed by atoms with van der Waals surface area (Å²) in [6.07, 6.45) is 4.00. The molecule has 0 saturated heterocycles. The maximum Gasteiger partial charge on any atom is 0.131 e. The van der Waals surface area contributed by atoms with Crippen molar-refractivity contribution in [1.82, 2.24) is 9.55 Å². The molecule has 3 rings (SSSR count). The average molecular weight is 299 g/mol. The van der Waals surface area contributed by atoms with Gasteiger partial charge in [-0.1, -0.05) is 24.3 Å². The number of imidazole rings is 1. The predicted molar refractivity (Wildman–Crippen MR) is 81.3 cm³/mol. The number of anilines is 1. The average Bonchev–Trinajstić information content (AvgIpc) is 2.92. The van der Waals surface area contributed by atoms with E-state index in [1.54, 1.807) is 12.4 Å². The quantitative estimate of drug-likeness (QED) is 0.751. The number of para-hydroxylation sites is 1. The van der Waals surface area contributed by atoms with Gasteiger partial charge < -0.3 is 10.3 Å². The van der Waals surface area contributed by atoms with E-state index in [9.17, 15) is 8.78 Å². The predicted octanol–water partition coefficient (Wildman–Crippen LogP) is 3.38. The second-order valence-electron chi connectivity index (χ2n) is 5.08. The van der Waals surface area contributed by atoms with Gasteiger partial charge in [0.25, 0.3) is 0 Å². The van der Waals surface area contributed by atoms with Crippen LogP contribution < -0.4 is 5.73 Å². The van der Waals surface area contributed by atoms with Gasteiger partial charge >= 0.3 is 0 Å². The lowest BCUT2D eigenvalue weighted by Gasteiger charge is -2.10. The molecule has 2 N–H and O–H groups in total. The Bertz CT molecular complexity index is 796. The summed E-state index contributed by atoms with van der Waals surface area (Å²) >= 11 is 0. The van der Waals surface area contributed by atoms with E-state index in [0.29, 0.717) is 24.2 Å². The highest BCUT2D eigenvalue weighted by atomic mass is 19.1. The van der Waals surface area contributed by atoms with Crippen LogP contribution in [0.3, 0.4) is 0 Å². The van der Waals surface area contributed by atoms with E-state index in [4.69, 9.17) is 5.73 Å². The van der Waals surface area contributed by atoms with E-state index in [1.807, 2.05) is 28.8 Å². The molecular weight excluding hydrogens is 284 g/mol. The van der Waals surface area contributed by atoms with E-state index < -0.39 is 11.6 Å². The molecule has 0 bridgehead atoms.